The van der Waals surface area contributed by atoms with Gasteiger partial charge in [-0.25, -0.2) is 0 Å². The van der Waals surface area contributed by atoms with Gasteiger partial charge in [0.25, 0.3) is 0 Å². The molecule has 5 rings (SSSR count). The molecule has 1 N–H and O–H groups in total. The first-order chi connectivity index (χ1) is 15.1. The van der Waals surface area contributed by atoms with Crippen LogP contribution in [0.5, 0.6) is 0 Å². The highest BCUT2D eigenvalue weighted by atomic mass is 32.1. The fourth-order valence-corrected chi connectivity index (χ4v) is 8.32. The van der Waals surface area contributed by atoms with Crippen molar-refractivity contribution in [3.63, 3.8) is 0 Å². The molecule has 4 aliphatic carbocycles. The monoisotopic (exact) mass is 548 g/mol. The van der Waals surface area contributed by atoms with Gasteiger partial charge < -0.3 is 19.3 Å². The average molecular weight is 549 g/mol. The number of carbonyl (C=O) groups excluding carboxylic acids is 3. The maximum absolute atomic E-state index is 13.0. The van der Waals surface area contributed by atoms with E-state index in [-0.39, 0.29) is 88.0 Å². The van der Waals surface area contributed by atoms with Gasteiger partial charge in [0.2, 0.25) is 0 Å². The third-order valence-corrected chi connectivity index (χ3v) is 10.2. The zero-order valence-electron chi connectivity index (χ0n) is 20.9. The lowest BCUT2D eigenvalue weighted by atomic mass is 9.43. The molecule has 1 spiro atoms. The molecular formula is C25H40O7S3. The minimum absolute atomic E-state index is 0. The minimum atomic E-state index is -1.01. The van der Waals surface area contributed by atoms with Gasteiger partial charge in [-0.05, 0) is 50.5 Å². The highest BCUT2D eigenvalue weighted by molar-refractivity contribution is 7.59. The topological polar surface area (TPSA) is 102 Å². The van der Waals surface area contributed by atoms with Crippen molar-refractivity contribution in [1.82, 2.24) is 0 Å². The van der Waals surface area contributed by atoms with Crippen molar-refractivity contribution in [1.29, 1.82) is 0 Å². The Bertz CT molecular complexity index is 925. The predicted octanol–water partition coefficient (Wildman–Crippen LogP) is 3.07. The molecule has 0 amide bonds. The lowest BCUT2D eigenvalue weighted by molar-refractivity contribution is -0.163. The van der Waals surface area contributed by atoms with Crippen molar-refractivity contribution in [3.05, 3.63) is 11.6 Å². The van der Waals surface area contributed by atoms with Crippen molar-refractivity contribution >= 4 is 58.2 Å². The summed E-state index contributed by atoms with van der Waals surface area (Å²) in [5.41, 5.74) is -1.23. The molecule has 0 aromatic carbocycles. The van der Waals surface area contributed by atoms with Crippen LogP contribution in [0, 0.1) is 28.6 Å². The molecule has 1 saturated heterocycles. The lowest BCUT2D eigenvalue weighted by Gasteiger charge is -2.58. The molecular weight excluding hydrogens is 508 g/mol. The third kappa shape index (κ3) is 3.92. The zero-order chi connectivity index (χ0) is 23.1. The van der Waals surface area contributed by atoms with E-state index in [2.05, 4.69) is 13.8 Å². The summed E-state index contributed by atoms with van der Waals surface area (Å²) in [6.07, 6.45) is 5.98. The van der Waals surface area contributed by atoms with Gasteiger partial charge in [0.15, 0.2) is 5.78 Å². The molecule has 0 bridgehead atoms. The van der Waals surface area contributed by atoms with Crippen LogP contribution in [0.15, 0.2) is 11.6 Å². The van der Waals surface area contributed by atoms with Crippen LogP contribution in [-0.2, 0) is 28.6 Å². The number of hydrogen-bond acceptors (Lipinski definition) is 7. The lowest BCUT2D eigenvalue weighted by Crippen LogP contribution is -2.63. The van der Waals surface area contributed by atoms with Crippen LogP contribution in [0.2, 0.25) is 0 Å². The summed E-state index contributed by atoms with van der Waals surface area (Å²) in [5, 5.41) is 11.8. The van der Waals surface area contributed by atoms with E-state index in [1.807, 2.05) is 0 Å². The van der Waals surface area contributed by atoms with Gasteiger partial charge in [-0.2, -0.15) is 40.5 Å². The predicted molar refractivity (Wildman–Crippen MR) is 144 cm³/mol. The van der Waals surface area contributed by atoms with Crippen LogP contribution < -0.4 is 0 Å². The van der Waals surface area contributed by atoms with Crippen molar-refractivity contribution in [2.45, 2.75) is 82.5 Å². The molecule has 7 nitrogen and oxygen atoms in total. The number of hydrogen-bond donors (Lipinski definition) is 1. The maximum Gasteiger partial charge on any atom is 0.309 e. The Morgan fingerprint density at radius 3 is 2.46 bits per heavy atom. The number of aliphatic hydroxyl groups is 1. The largest absolute Gasteiger partial charge is 0.469 e. The van der Waals surface area contributed by atoms with Crippen molar-refractivity contribution < 1.29 is 33.7 Å². The number of ketones is 1. The summed E-state index contributed by atoms with van der Waals surface area (Å²) in [5.74, 6) is -0.878. The Balaban J connectivity index is 0.00000144. The van der Waals surface area contributed by atoms with Crippen LogP contribution in [0.4, 0.5) is 0 Å². The Morgan fingerprint density at radius 2 is 1.83 bits per heavy atom. The minimum Gasteiger partial charge on any atom is -0.469 e. The highest BCUT2D eigenvalue weighted by Crippen LogP contribution is 2.77. The summed E-state index contributed by atoms with van der Waals surface area (Å²) in [4.78, 5) is 37.1. The number of fused-ring (bicyclic) bond motifs is 3. The Hall–Kier alpha value is -0.680. The van der Waals surface area contributed by atoms with E-state index >= 15 is 0 Å². The summed E-state index contributed by atoms with van der Waals surface area (Å²) in [7, 11) is 2.78. The molecule has 5 aliphatic rings. The van der Waals surface area contributed by atoms with Gasteiger partial charge in [0, 0.05) is 29.6 Å². The fraction of sp³-hybridized carbons (Fsp3) is 0.800. The van der Waals surface area contributed by atoms with E-state index in [0.717, 1.165) is 18.4 Å². The normalized spacial score (nSPS) is 44.4. The van der Waals surface area contributed by atoms with Crippen LogP contribution in [-0.4, -0.2) is 54.4 Å². The van der Waals surface area contributed by atoms with E-state index in [9.17, 15) is 19.5 Å². The number of carbonyl (C=O) groups is 3. The van der Waals surface area contributed by atoms with Crippen LogP contribution in [0.25, 0.3) is 0 Å². The van der Waals surface area contributed by atoms with Gasteiger partial charge >= 0.3 is 11.9 Å². The van der Waals surface area contributed by atoms with Gasteiger partial charge in [0.1, 0.15) is 5.60 Å². The van der Waals surface area contributed by atoms with E-state index in [1.54, 1.807) is 6.08 Å². The zero-order valence-corrected chi connectivity index (χ0v) is 23.9. The second-order valence-corrected chi connectivity index (χ2v) is 11.1. The standard InChI is InChI=1S/C25H34O7.3H2S/c1-22-8-5-15(26)11-14(22)12-16(21(28)31-4)20-17-6-9-24(29,10-7-19(27)30-3)23(17,2)13-18-25(20,22)32-18;;;/h11,16-18,20,29H,5-10,12-13H2,1-4H3;3*1H2/t16-,17+,18-,20+,22+,23+,24-,25?;;;/m1.../s1. The maximum atomic E-state index is 13.0. The molecule has 0 aromatic rings. The van der Waals surface area contributed by atoms with Crippen LogP contribution in [0.1, 0.15) is 65.2 Å². The van der Waals surface area contributed by atoms with Gasteiger partial charge in [0.05, 0.1) is 31.8 Å². The summed E-state index contributed by atoms with van der Waals surface area (Å²) >= 11 is 0. The number of ether oxygens (including phenoxy) is 3. The van der Waals surface area contributed by atoms with Gasteiger partial charge in [-0.15, -0.1) is 0 Å². The SMILES string of the molecule is COC(=O)CC[C@]1(O)CC[C@H]2[C@@H]3[C@H](C(=O)OC)CC4=CC(=O)CC[C@]4(C)C34O[C@@H]4C[C@@]21C.S.S.S. The van der Waals surface area contributed by atoms with E-state index in [1.165, 1.54) is 14.2 Å². The Morgan fingerprint density at radius 1 is 1.14 bits per heavy atom. The van der Waals surface area contributed by atoms with Crippen molar-refractivity contribution in [2.75, 3.05) is 14.2 Å². The summed E-state index contributed by atoms with van der Waals surface area (Å²) in [6, 6.07) is 0. The Kier molecular flexibility index (Phi) is 8.63. The molecule has 1 unspecified atom stereocenters. The first kappa shape index (κ1) is 30.5. The fourth-order valence-electron chi connectivity index (χ4n) is 8.32. The van der Waals surface area contributed by atoms with Gasteiger partial charge in [-0.1, -0.05) is 19.4 Å². The van der Waals surface area contributed by atoms with Gasteiger partial charge in [-0.3, -0.25) is 14.4 Å². The number of epoxide rings is 1. The molecule has 0 radical (unpaired) electrons. The van der Waals surface area contributed by atoms with Crippen molar-refractivity contribution in [2.24, 2.45) is 28.6 Å². The number of rotatable bonds is 4. The van der Waals surface area contributed by atoms with E-state index < -0.39 is 22.5 Å². The van der Waals surface area contributed by atoms with E-state index in [0.29, 0.717) is 32.1 Å². The highest BCUT2D eigenvalue weighted by Gasteiger charge is 2.82. The molecule has 200 valence electrons. The van der Waals surface area contributed by atoms with Crippen LogP contribution >= 0.6 is 40.5 Å². The molecule has 3 saturated carbocycles. The molecule has 0 aromatic heterocycles. The van der Waals surface area contributed by atoms with E-state index in [4.69, 9.17) is 14.2 Å². The second-order valence-electron chi connectivity index (χ2n) is 11.1. The first-order valence-corrected chi connectivity index (χ1v) is 11.8. The smallest absolute Gasteiger partial charge is 0.309 e. The average Bonchev–Trinajstić information content (AvgIpc) is 3.43. The second kappa shape index (κ2) is 9.89. The molecule has 4 fully saturated rings. The Labute approximate surface area is 228 Å². The molecule has 1 aliphatic heterocycles. The summed E-state index contributed by atoms with van der Waals surface area (Å²) < 4.78 is 16.6. The quantitative estimate of drug-likeness (QED) is 0.425. The van der Waals surface area contributed by atoms with Crippen LogP contribution in [0.3, 0.4) is 0 Å². The number of esters is 2. The molecule has 8 atom stereocenters. The molecule has 10 heteroatoms. The summed E-state index contributed by atoms with van der Waals surface area (Å²) in [6.45, 7) is 4.31. The third-order valence-electron chi connectivity index (χ3n) is 10.2. The molecule has 1 heterocycles. The first-order valence-electron chi connectivity index (χ1n) is 11.8. The molecule has 35 heavy (non-hydrogen) atoms. The number of methoxy groups -OCH3 is 2. The van der Waals surface area contributed by atoms with Crippen molar-refractivity contribution in [3.8, 4) is 0 Å².